The van der Waals surface area contributed by atoms with Gasteiger partial charge < -0.3 is 5.32 Å². The minimum absolute atomic E-state index is 0.0294. The molecule has 4 aromatic rings. The van der Waals surface area contributed by atoms with Gasteiger partial charge in [-0.1, -0.05) is 47.5 Å². The van der Waals surface area contributed by atoms with Gasteiger partial charge in [-0.05, 0) is 80.9 Å². The molecule has 0 heterocycles. The molecular weight excluding hydrogens is 522 g/mol. The van der Waals surface area contributed by atoms with E-state index in [4.69, 9.17) is 0 Å². The van der Waals surface area contributed by atoms with Gasteiger partial charge in [-0.3, -0.25) is 14.2 Å². The molecule has 4 aromatic carbocycles. The first-order chi connectivity index (χ1) is 17.9. The minimum Gasteiger partial charge on any atom is -0.322 e. The SMILES string of the molecule is Cc1ccc(S(=O)(=O)Nc2ccccc2C(=O)Nc2ccc(S(=O)(=O)Nc3ccc(C)cc3C)cc2)cc1. The van der Waals surface area contributed by atoms with E-state index >= 15 is 0 Å². The number of hydrogen-bond acceptors (Lipinski definition) is 5. The second-order valence-electron chi connectivity index (χ2n) is 8.87. The molecule has 0 fully saturated rings. The number of sulfonamides is 2. The van der Waals surface area contributed by atoms with Crippen molar-refractivity contribution in [2.45, 2.75) is 30.6 Å². The van der Waals surface area contributed by atoms with Gasteiger partial charge in [-0.25, -0.2) is 16.8 Å². The Kier molecular flexibility index (Phi) is 7.56. The number of nitrogens with one attached hydrogen (secondary N) is 3. The van der Waals surface area contributed by atoms with Crippen LogP contribution in [0, 0.1) is 20.8 Å². The summed E-state index contributed by atoms with van der Waals surface area (Å²) in [6, 6.07) is 23.7. The van der Waals surface area contributed by atoms with E-state index in [0.29, 0.717) is 11.4 Å². The van der Waals surface area contributed by atoms with Gasteiger partial charge >= 0.3 is 0 Å². The van der Waals surface area contributed by atoms with Crippen LogP contribution >= 0.6 is 0 Å². The molecule has 0 aliphatic carbocycles. The maximum absolute atomic E-state index is 13.0. The molecule has 0 atom stereocenters. The van der Waals surface area contributed by atoms with E-state index in [1.54, 1.807) is 30.3 Å². The fraction of sp³-hybridized carbons (Fsp3) is 0.107. The molecule has 10 heteroatoms. The average molecular weight is 550 g/mol. The number of hydrogen-bond donors (Lipinski definition) is 3. The first kappa shape index (κ1) is 26.9. The lowest BCUT2D eigenvalue weighted by Crippen LogP contribution is -2.18. The van der Waals surface area contributed by atoms with Gasteiger partial charge in [0.25, 0.3) is 26.0 Å². The highest BCUT2D eigenvalue weighted by Crippen LogP contribution is 2.24. The number of carbonyl (C=O) groups excluding carboxylic acids is 1. The van der Waals surface area contributed by atoms with E-state index in [1.807, 2.05) is 32.9 Å². The van der Waals surface area contributed by atoms with Crippen molar-refractivity contribution in [3.63, 3.8) is 0 Å². The monoisotopic (exact) mass is 549 g/mol. The third-order valence-electron chi connectivity index (χ3n) is 5.80. The number of aryl methyl sites for hydroxylation is 3. The molecule has 8 nitrogen and oxygen atoms in total. The molecule has 0 aliphatic rings. The van der Waals surface area contributed by atoms with Gasteiger partial charge in [0.2, 0.25) is 0 Å². The molecule has 0 bridgehead atoms. The third kappa shape index (κ3) is 6.21. The average Bonchev–Trinajstić information content (AvgIpc) is 2.86. The number of benzene rings is 4. The van der Waals surface area contributed by atoms with Gasteiger partial charge in [-0.15, -0.1) is 0 Å². The number of anilines is 3. The molecule has 0 aliphatic heterocycles. The largest absolute Gasteiger partial charge is 0.322 e. The summed E-state index contributed by atoms with van der Waals surface area (Å²) in [5.74, 6) is -0.559. The highest BCUT2D eigenvalue weighted by Gasteiger charge is 2.20. The molecule has 196 valence electrons. The molecule has 38 heavy (non-hydrogen) atoms. The fourth-order valence-corrected chi connectivity index (χ4v) is 5.95. The Morgan fingerprint density at radius 2 is 1.13 bits per heavy atom. The van der Waals surface area contributed by atoms with Crippen molar-refractivity contribution in [3.05, 3.63) is 113 Å². The highest BCUT2D eigenvalue weighted by molar-refractivity contribution is 7.93. The third-order valence-corrected chi connectivity index (χ3v) is 8.56. The van der Waals surface area contributed by atoms with Crippen molar-refractivity contribution >= 4 is 43.0 Å². The number of rotatable bonds is 8. The van der Waals surface area contributed by atoms with E-state index < -0.39 is 26.0 Å². The van der Waals surface area contributed by atoms with Crippen molar-refractivity contribution < 1.29 is 21.6 Å². The maximum atomic E-state index is 13.0. The van der Waals surface area contributed by atoms with Crippen molar-refractivity contribution in [3.8, 4) is 0 Å². The van der Waals surface area contributed by atoms with E-state index in [-0.39, 0.29) is 21.0 Å². The van der Waals surface area contributed by atoms with Gasteiger partial charge in [0.1, 0.15) is 0 Å². The summed E-state index contributed by atoms with van der Waals surface area (Å²) in [6.07, 6.45) is 0. The molecule has 0 aromatic heterocycles. The van der Waals surface area contributed by atoms with Crippen LogP contribution in [-0.2, 0) is 20.0 Å². The summed E-state index contributed by atoms with van der Waals surface area (Å²) in [6.45, 7) is 5.60. The Morgan fingerprint density at radius 1 is 0.605 bits per heavy atom. The quantitative estimate of drug-likeness (QED) is 0.269. The second-order valence-corrected chi connectivity index (χ2v) is 12.2. The Bertz CT molecular complexity index is 1700. The predicted octanol–water partition coefficient (Wildman–Crippen LogP) is 5.47. The molecular formula is C28H27N3O5S2. The van der Waals surface area contributed by atoms with Gasteiger partial charge in [0.05, 0.1) is 26.7 Å². The molecule has 4 rings (SSSR count). The summed E-state index contributed by atoms with van der Waals surface area (Å²) < 4.78 is 56.4. The molecule has 0 radical (unpaired) electrons. The van der Waals surface area contributed by atoms with Crippen LogP contribution in [0.25, 0.3) is 0 Å². The van der Waals surface area contributed by atoms with Crippen LogP contribution in [0.1, 0.15) is 27.0 Å². The zero-order valence-corrected chi connectivity index (χ0v) is 22.7. The normalized spacial score (nSPS) is 11.6. The van der Waals surface area contributed by atoms with Gasteiger partial charge in [-0.2, -0.15) is 0 Å². The van der Waals surface area contributed by atoms with Crippen LogP contribution in [0.3, 0.4) is 0 Å². The van der Waals surface area contributed by atoms with E-state index in [1.165, 1.54) is 48.5 Å². The van der Waals surface area contributed by atoms with Crippen LogP contribution in [0.4, 0.5) is 17.1 Å². The van der Waals surface area contributed by atoms with Crippen molar-refractivity contribution in [1.82, 2.24) is 0 Å². The van der Waals surface area contributed by atoms with Crippen molar-refractivity contribution in [2.75, 3.05) is 14.8 Å². The van der Waals surface area contributed by atoms with Crippen LogP contribution in [0.2, 0.25) is 0 Å². The molecule has 0 spiro atoms. The Hall–Kier alpha value is -4.15. The van der Waals surface area contributed by atoms with Crippen LogP contribution < -0.4 is 14.8 Å². The maximum Gasteiger partial charge on any atom is 0.261 e. The van der Waals surface area contributed by atoms with Crippen molar-refractivity contribution in [2.24, 2.45) is 0 Å². The number of amides is 1. The molecule has 0 unspecified atom stereocenters. The lowest BCUT2D eigenvalue weighted by molar-refractivity contribution is 0.102. The van der Waals surface area contributed by atoms with Crippen LogP contribution in [0.15, 0.2) is 101 Å². The van der Waals surface area contributed by atoms with Gasteiger partial charge in [0, 0.05) is 5.69 Å². The van der Waals surface area contributed by atoms with E-state index in [2.05, 4.69) is 14.8 Å². The molecule has 3 N–H and O–H groups in total. The van der Waals surface area contributed by atoms with Crippen LogP contribution in [-0.4, -0.2) is 22.7 Å². The lowest BCUT2D eigenvalue weighted by atomic mass is 10.1. The zero-order valence-electron chi connectivity index (χ0n) is 21.0. The first-order valence-corrected chi connectivity index (χ1v) is 14.6. The highest BCUT2D eigenvalue weighted by atomic mass is 32.2. The first-order valence-electron chi connectivity index (χ1n) is 11.6. The Labute approximate surface area is 222 Å². The summed E-state index contributed by atoms with van der Waals surface area (Å²) in [7, 11) is -7.76. The minimum atomic E-state index is -3.92. The number of carbonyl (C=O) groups is 1. The fourth-order valence-electron chi connectivity index (χ4n) is 3.74. The Morgan fingerprint density at radius 3 is 1.74 bits per heavy atom. The Balaban J connectivity index is 1.50. The lowest BCUT2D eigenvalue weighted by Gasteiger charge is -2.14. The number of para-hydroxylation sites is 1. The summed E-state index contributed by atoms with van der Waals surface area (Å²) in [5, 5.41) is 2.69. The van der Waals surface area contributed by atoms with Crippen molar-refractivity contribution in [1.29, 1.82) is 0 Å². The predicted molar refractivity (Wildman–Crippen MR) is 150 cm³/mol. The van der Waals surface area contributed by atoms with Gasteiger partial charge in [0.15, 0.2) is 0 Å². The van der Waals surface area contributed by atoms with Crippen LogP contribution in [0.5, 0.6) is 0 Å². The standard InChI is InChI=1S/C28H27N3O5S2/c1-19-8-13-23(14-9-19)38(35,36)31-27-7-5-4-6-25(27)28(32)29-22-11-15-24(16-12-22)37(33,34)30-26-17-10-20(2)18-21(26)3/h4-18,30-31H,1-3H3,(H,29,32). The summed E-state index contributed by atoms with van der Waals surface area (Å²) in [4.78, 5) is 13.1. The summed E-state index contributed by atoms with van der Waals surface area (Å²) in [5.41, 5.74) is 3.79. The molecule has 0 saturated carbocycles. The van der Waals surface area contributed by atoms with E-state index in [0.717, 1.165) is 16.7 Å². The molecule has 0 saturated heterocycles. The molecule has 1 amide bonds. The smallest absolute Gasteiger partial charge is 0.261 e. The van der Waals surface area contributed by atoms with E-state index in [9.17, 15) is 21.6 Å². The second kappa shape index (κ2) is 10.7. The zero-order chi connectivity index (χ0) is 27.5. The summed E-state index contributed by atoms with van der Waals surface area (Å²) >= 11 is 0. The topological polar surface area (TPSA) is 121 Å².